The Labute approximate surface area is 203 Å². The lowest BCUT2D eigenvalue weighted by Gasteiger charge is -2.27. The molecule has 2 heterocycles. The second-order valence-electron chi connectivity index (χ2n) is 9.73. The third-order valence-electron chi connectivity index (χ3n) is 7.17. The third-order valence-corrected chi connectivity index (χ3v) is 7.17. The fourth-order valence-electron chi connectivity index (χ4n) is 5.18. The van der Waals surface area contributed by atoms with E-state index in [0.717, 1.165) is 36.9 Å². The number of hydrogen-bond acceptors (Lipinski definition) is 4. The highest BCUT2D eigenvalue weighted by Crippen LogP contribution is 2.51. The Bertz CT molecular complexity index is 1230. The van der Waals surface area contributed by atoms with E-state index in [-0.39, 0.29) is 17.7 Å². The number of carbonyl (C=O) groups is 2. The van der Waals surface area contributed by atoms with Gasteiger partial charge >= 0.3 is 0 Å². The molecule has 2 aliphatic rings. The van der Waals surface area contributed by atoms with Crippen molar-refractivity contribution in [1.29, 1.82) is 0 Å². The number of aryl methyl sites for hydroxylation is 3. The molecular weight excluding hydrogens is 447 g/mol. The normalized spacial score (nSPS) is 16.4. The average Bonchev–Trinajstić information content (AvgIpc) is 3.76. The standard InChI is InChI=1S/C26H31FN6O2/c1-4-33-21(11-12-28-33)25(34)30-24(23(16-5-6-16)17-7-8-17)26(35)29-18-9-10-19(20(27)13-18)22-14(2)31-32-15(22)3/h9-13,16-17,23-24H,4-8H2,1-3H3,(H,29,35)(H,30,34)(H,31,32). The van der Waals surface area contributed by atoms with E-state index in [1.165, 1.54) is 6.07 Å². The van der Waals surface area contributed by atoms with Crippen LogP contribution in [0.25, 0.3) is 11.1 Å². The molecule has 0 saturated heterocycles. The zero-order valence-electron chi connectivity index (χ0n) is 20.3. The van der Waals surface area contributed by atoms with E-state index in [0.29, 0.717) is 41.0 Å². The first kappa shape index (κ1) is 23.3. The molecule has 35 heavy (non-hydrogen) atoms. The molecule has 1 unspecified atom stereocenters. The maximum absolute atomic E-state index is 15.1. The summed E-state index contributed by atoms with van der Waals surface area (Å²) in [7, 11) is 0. The highest BCUT2D eigenvalue weighted by molar-refractivity contribution is 6.01. The summed E-state index contributed by atoms with van der Waals surface area (Å²) >= 11 is 0. The van der Waals surface area contributed by atoms with Crippen LogP contribution in [0.5, 0.6) is 0 Å². The Morgan fingerprint density at radius 3 is 2.46 bits per heavy atom. The van der Waals surface area contributed by atoms with Crippen molar-refractivity contribution in [1.82, 2.24) is 25.3 Å². The van der Waals surface area contributed by atoms with Crippen LogP contribution in [0, 0.1) is 37.4 Å². The molecule has 2 fully saturated rings. The molecule has 0 bridgehead atoms. The molecule has 0 spiro atoms. The van der Waals surface area contributed by atoms with Crippen molar-refractivity contribution in [2.75, 3.05) is 5.32 Å². The van der Waals surface area contributed by atoms with Crippen LogP contribution < -0.4 is 10.6 Å². The minimum Gasteiger partial charge on any atom is -0.339 e. The first-order chi connectivity index (χ1) is 16.9. The molecule has 2 saturated carbocycles. The van der Waals surface area contributed by atoms with E-state index >= 15 is 4.39 Å². The number of nitrogens with zero attached hydrogens (tertiary/aromatic N) is 3. The molecule has 5 rings (SSSR count). The second kappa shape index (κ2) is 9.28. The van der Waals surface area contributed by atoms with Crippen molar-refractivity contribution in [2.45, 2.75) is 59.0 Å². The lowest BCUT2D eigenvalue weighted by atomic mass is 9.88. The molecule has 184 valence electrons. The van der Waals surface area contributed by atoms with E-state index in [1.54, 1.807) is 29.1 Å². The van der Waals surface area contributed by atoms with E-state index < -0.39 is 11.9 Å². The average molecular weight is 479 g/mol. The summed E-state index contributed by atoms with van der Waals surface area (Å²) in [5.41, 5.74) is 3.43. The molecule has 2 amide bonds. The Hall–Kier alpha value is -3.49. The predicted octanol–water partition coefficient (Wildman–Crippen LogP) is 4.22. The molecule has 8 nitrogen and oxygen atoms in total. The summed E-state index contributed by atoms with van der Waals surface area (Å²) in [6.07, 6.45) is 5.86. The van der Waals surface area contributed by atoms with Crippen LogP contribution in [0.3, 0.4) is 0 Å². The smallest absolute Gasteiger partial charge is 0.270 e. The van der Waals surface area contributed by atoms with Crippen LogP contribution in [0.1, 0.15) is 54.5 Å². The van der Waals surface area contributed by atoms with Gasteiger partial charge < -0.3 is 10.6 Å². The van der Waals surface area contributed by atoms with Gasteiger partial charge in [0.2, 0.25) is 5.91 Å². The van der Waals surface area contributed by atoms with Gasteiger partial charge in [-0.15, -0.1) is 0 Å². The van der Waals surface area contributed by atoms with Gasteiger partial charge in [0.25, 0.3) is 5.91 Å². The van der Waals surface area contributed by atoms with Crippen LogP contribution in [0.15, 0.2) is 30.5 Å². The SMILES string of the molecule is CCn1nccc1C(=O)NC(C(=O)Nc1ccc(-c2c(C)n[nH]c2C)c(F)c1)C(C1CC1)C1CC1. The van der Waals surface area contributed by atoms with Gasteiger partial charge in [0.05, 0.1) is 5.69 Å². The minimum atomic E-state index is -0.691. The van der Waals surface area contributed by atoms with Crippen LogP contribution in [-0.2, 0) is 11.3 Å². The monoisotopic (exact) mass is 478 g/mol. The number of aromatic amines is 1. The molecule has 0 aliphatic heterocycles. The Morgan fingerprint density at radius 1 is 1.17 bits per heavy atom. The van der Waals surface area contributed by atoms with Gasteiger partial charge in [-0.3, -0.25) is 19.4 Å². The van der Waals surface area contributed by atoms with Crippen LogP contribution in [-0.4, -0.2) is 37.8 Å². The topological polar surface area (TPSA) is 105 Å². The van der Waals surface area contributed by atoms with E-state index in [9.17, 15) is 9.59 Å². The summed E-state index contributed by atoms with van der Waals surface area (Å²) in [5, 5.41) is 17.1. The molecule has 3 aromatic rings. The molecule has 3 N–H and O–H groups in total. The molecule has 9 heteroatoms. The first-order valence-electron chi connectivity index (χ1n) is 12.3. The maximum Gasteiger partial charge on any atom is 0.270 e. The summed E-state index contributed by atoms with van der Waals surface area (Å²) in [6, 6.07) is 5.64. The Kier molecular flexibility index (Phi) is 6.17. The molecule has 2 aliphatic carbocycles. The summed E-state index contributed by atoms with van der Waals surface area (Å²) < 4.78 is 16.7. The van der Waals surface area contributed by atoms with Gasteiger partial charge in [-0.2, -0.15) is 10.2 Å². The van der Waals surface area contributed by atoms with Crippen molar-refractivity contribution >= 4 is 17.5 Å². The van der Waals surface area contributed by atoms with Crippen molar-refractivity contribution in [3.8, 4) is 11.1 Å². The van der Waals surface area contributed by atoms with E-state index in [2.05, 4.69) is 25.9 Å². The lowest BCUT2D eigenvalue weighted by Crippen LogP contribution is -2.50. The molecule has 1 atom stereocenters. The molecule has 1 aromatic carbocycles. The Morgan fingerprint density at radius 2 is 1.89 bits per heavy atom. The number of rotatable bonds is 9. The number of benzene rings is 1. The number of amides is 2. The highest BCUT2D eigenvalue weighted by atomic mass is 19.1. The van der Waals surface area contributed by atoms with Gasteiger partial charge in [0.15, 0.2) is 0 Å². The quantitative estimate of drug-likeness (QED) is 0.428. The number of halogens is 1. The first-order valence-corrected chi connectivity index (χ1v) is 12.3. The number of nitrogens with one attached hydrogen (secondary N) is 3. The van der Waals surface area contributed by atoms with Crippen molar-refractivity contribution < 1.29 is 14.0 Å². The van der Waals surface area contributed by atoms with Crippen LogP contribution in [0.2, 0.25) is 0 Å². The summed E-state index contributed by atoms with van der Waals surface area (Å²) in [4.78, 5) is 26.6. The number of carbonyl (C=O) groups excluding carboxylic acids is 2. The largest absolute Gasteiger partial charge is 0.339 e. The number of hydrogen-bond donors (Lipinski definition) is 3. The molecule has 2 aromatic heterocycles. The maximum atomic E-state index is 15.1. The Balaban J connectivity index is 1.38. The fraction of sp³-hybridized carbons (Fsp3) is 0.462. The lowest BCUT2D eigenvalue weighted by molar-refractivity contribution is -0.119. The fourth-order valence-corrected chi connectivity index (χ4v) is 5.18. The predicted molar refractivity (Wildman–Crippen MR) is 130 cm³/mol. The van der Waals surface area contributed by atoms with Crippen LogP contribution in [0.4, 0.5) is 10.1 Å². The summed E-state index contributed by atoms with van der Waals surface area (Å²) in [5.74, 6) is -0.126. The number of aromatic nitrogens is 4. The zero-order valence-corrected chi connectivity index (χ0v) is 20.3. The minimum absolute atomic E-state index is 0.0808. The van der Waals surface area contributed by atoms with Gasteiger partial charge in [0.1, 0.15) is 17.6 Å². The van der Waals surface area contributed by atoms with Gasteiger partial charge in [-0.25, -0.2) is 4.39 Å². The van der Waals surface area contributed by atoms with Gasteiger partial charge in [0, 0.05) is 35.2 Å². The van der Waals surface area contributed by atoms with Gasteiger partial charge in [-0.05, 0) is 88.5 Å². The number of H-pyrrole nitrogens is 1. The third kappa shape index (κ3) is 4.72. The highest BCUT2D eigenvalue weighted by Gasteiger charge is 2.48. The number of anilines is 1. The van der Waals surface area contributed by atoms with Crippen molar-refractivity contribution in [2.24, 2.45) is 17.8 Å². The molecular formula is C26H31FN6O2. The van der Waals surface area contributed by atoms with Gasteiger partial charge in [-0.1, -0.05) is 0 Å². The van der Waals surface area contributed by atoms with Crippen LogP contribution >= 0.6 is 0 Å². The second-order valence-corrected chi connectivity index (χ2v) is 9.73. The summed E-state index contributed by atoms with van der Waals surface area (Å²) in [6.45, 7) is 6.14. The van der Waals surface area contributed by atoms with Crippen molar-refractivity contribution in [3.63, 3.8) is 0 Å². The van der Waals surface area contributed by atoms with Crippen molar-refractivity contribution in [3.05, 3.63) is 53.4 Å². The molecule has 0 radical (unpaired) electrons. The van der Waals surface area contributed by atoms with E-state index in [4.69, 9.17) is 0 Å². The van der Waals surface area contributed by atoms with E-state index in [1.807, 2.05) is 20.8 Å². The zero-order chi connectivity index (χ0) is 24.7.